The second-order valence-corrected chi connectivity index (χ2v) is 6.31. The van der Waals surface area contributed by atoms with E-state index in [4.69, 9.17) is 0 Å². The molecule has 142 valence electrons. The van der Waals surface area contributed by atoms with E-state index in [9.17, 15) is 20.2 Å². The van der Waals surface area contributed by atoms with Crippen molar-refractivity contribution in [2.24, 2.45) is 0 Å². The number of anilines is 2. The minimum Gasteiger partial charge on any atom is -0.378 e. The Hall–Kier alpha value is -3.20. The first-order valence-corrected chi connectivity index (χ1v) is 8.73. The smallest absolute Gasteiger partial charge is 0.299 e. The molecule has 1 aliphatic heterocycles. The van der Waals surface area contributed by atoms with Crippen LogP contribution in [0.25, 0.3) is 0 Å². The van der Waals surface area contributed by atoms with Crippen LogP contribution in [0.2, 0.25) is 0 Å². The first-order chi connectivity index (χ1) is 13.0. The van der Waals surface area contributed by atoms with Gasteiger partial charge in [0.15, 0.2) is 0 Å². The average molecular weight is 371 g/mol. The highest BCUT2D eigenvalue weighted by atomic mass is 16.6. The van der Waals surface area contributed by atoms with Crippen LogP contribution < -0.4 is 10.2 Å². The molecule has 0 aliphatic carbocycles. The lowest BCUT2D eigenvalue weighted by molar-refractivity contribution is -0.393. The zero-order valence-corrected chi connectivity index (χ0v) is 14.8. The molecule has 0 spiro atoms. The van der Waals surface area contributed by atoms with Gasteiger partial charge >= 0.3 is 0 Å². The highest BCUT2D eigenvalue weighted by molar-refractivity contribution is 5.65. The van der Waals surface area contributed by atoms with Gasteiger partial charge < -0.3 is 10.2 Å². The van der Waals surface area contributed by atoms with Gasteiger partial charge in [-0.15, -0.1) is 0 Å². The van der Waals surface area contributed by atoms with Crippen molar-refractivity contribution in [3.05, 3.63) is 68.8 Å². The van der Waals surface area contributed by atoms with Gasteiger partial charge in [-0.05, 0) is 18.2 Å². The predicted octanol–water partition coefficient (Wildman–Crippen LogP) is 2.74. The van der Waals surface area contributed by atoms with Crippen LogP contribution in [0.4, 0.5) is 22.7 Å². The van der Waals surface area contributed by atoms with Crippen molar-refractivity contribution in [1.29, 1.82) is 0 Å². The van der Waals surface area contributed by atoms with Crippen LogP contribution in [-0.2, 0) is 0 Å². The molecule has 0 atom stereocenters. The Morgan fingerprint density at radius 1 is 0.926 bits per heavy atom. The molecule has 9 nitrogen and oxygen atoms in total. The Balaban J connectivity index is 1.51. The number of benzene rings is 2. The van der Waals surface area contributed by atoms with Crippen LogP contribution in [0.3, 0.4) is 0 Å². The van der Waals surface area contributed by atoms with E-state index in [2.05, 4.69) is 27.2 Å². The molecule has 0 amide bonds. The Morgan fingerprint density at radius 2 is 1.63 bits per heavy atom. The molecular weight excluding hydrogens is 350 g/mol. The number of rotatable bonds is 7. The molecule has 3 rings (SSSR count). The van der Waals surface area contributed by atoms with Crippen LogP contribution in [0, 0.1) is 20.2 Å². The fourth-order valence-corrected chi connectivity index (χ4v) is 3.15. The van der Waals surface area contributed by atoms with E-state index >= 15 is 0 Å². The van der Waals surface area contributed by atoms with Gasteiger partial charge in [0, 0.05) is 51.0 Å². The first-order valence-electron chi connectivity index (χ1n) is 8.73. The number of nitrogens with zero attached hydrogens (tertiary/aromatic N) is 4. The standard InChI is InChI=1S/C18H21N5O4/c24-22(25)16-6-7-17(18(14-16)23(26)27)19-8-9-20-10-12-21(13-11-20)15-4-2-1-3-5-15/h1-7,14,19H,8-13H2. The normalized spacial score (nSPS) is 14.7. The number of para-hydroxylation sites is 1. The molecule has 2 aromatic rings. The third kappa shape index (κ3) is 4.70. The van der Waals surface area contributed by atoms with Crippen LogP contribution in [0.15, 0.2) is 48.5 Å². The fraction of sp³-hybridized carbons (Fsp3) is 0.333. The zero-order chi connectivity index (χ0) is 19.2. The van der Waals surface area contributed by atoms with Crippen molar-refractivity contribution in [3.63, 3.8) is 0 Å². The number of piperazine rings is 1. The van der Waals surface area contributed by atoms with Crippen LogP contribution in [-0.4, -0.2) is 54.0 Å². The summed E-state index contributed by atoms with van der Waals surface area (Å²) in [6.45, 7) is 4.97. The fourth-order valence-electron chi connectivity index (χ4n) is 3.15. The molecule has 1 saturated heterocycles. The van der Waals surface area contributed by atoms with Crippen LogP contribution in [0.5, 0.6) is 0 Å². The maximum atomic E-state index is 11.2. The number of non-ortho nitro benzene ring substituents is 1. The number of nitrogens with one attached hydrogen (secondary N) is 1. The summed E-state index contributed by atoms with van der Waals surface area (Å²) in [5.74, 6) is 0. The summed E-state index contributed by atoms with van der Waals surface area (Å²) in [4.78, 5) is 25.3. The van der Waals surface area contributed by atoms with Crippen molar-refractivity contribution >= 4 is 22.7 Å². The molecule has 0 saturated carbocycles. The van der Waals surface area contributed by atoms with Gasteiger partial charge in [0.25, 0.3) is 11.4 Å². The van der Waals surface area contributed by atoms with E-state index in [0.717, 1.165) is 38.8 Å². The van der Waals surface area contributed by atoms with E-state index in [0.29, 0.717) is 12.2 Å². The number of nitro benzene ring substituents is 2. The Kier molecular flexibility index (Phi) is 5.82. The van der Waals surface area contributed by atoms with Gasteiger partial charge in [-0.1, -0.05) is 18.2 Å². The maximum Gasteiger partial charge on any atom is 0.299 e. The van der Waals surface area contributed by atoms with E-state index in [1.54, 1.807) is 0 Å². The Morgan fingerprint density at radius 3 is 2.26 bits per heavy atom. The quantitative estimate of drug-likeness (QED) is 0.589. The second-order valence-electron chi connectivity index (χ2n) is 6.31. The first kappa shape index (κ1) is 18.6. The molecule has 1 aliphatic rings. The molecule has 1 N–H and O–H groups in total. The van der Waals surface area contributed by atoms with Crippen LogP contribution in [0.1, 0.15) is 0 Å². The maximum absolute atomic E-state index is 11.2. The van der Waals surface area contributed by atoms with Gasteiger partial charge in [-0.2, -0.15) is 0 Å². The lowest BCUT2D eigenvalue weighted by Crippen LogP contribution is -2.47. The van der Waals surface area contributed by atoms with Crippen molar-refractivity contribution < 1.29 is 9.85 Å². The van der Waals surface area contributed by atoms with Gasteiger partial charge in [-0.3, -0.25) is 25.1 Å². The number of nitro groups is 2. The van der Waals surface area contributed by atoms with E-state index < -0.39 is 9.85 Å². The van der Waals surface area contributed by atoms with Crippen molar-refractivity contribution in [3.8, 4) is 0 Å². The molecule has 1 fully saturated rings. The summed E-state index contributed by atoms with van der Waals surface area (Å²) in [6.07, 6.45) is 0. The zero-order valence-electron chi connectivity index (χ0n) is 14.8. The third-order valence-corrected chi connectivity index (χ3v) is 4.63. The molecule has 1 heterocycles. The summed E-state index contributed by atoms with van der Waals surface area (Å²) < 4.78 is 0. The summed E-state index contributed by atoms with van der Waals surface area (Å²) in [7, 11) is 0. The number of hydrogen-bond acceptors (Lipinski definition) is 7. The molecule has 27 heavy (non-hydrogen) atoms. The summed E-state index contributed by atoms with van der Waals surface area (Å²) in [5, 5.41) is 25.0. The van der Waals surface area contributed by atoms with Gasteiger partial charge in [0.05, 0.1) is 15.9 Å². The molecule has 9 heteroatoms. The van der Waals surface area contributed by atoms with E-state index in [-0.39, 0.29) is 11.4 Å². The predicted molar refractivity (Wildman–Crippen MR) is 103 cm³/mol. The minimum atomic E-state index is -0.636. The number of hydrogen-bond donors (Lipinski definition) is 1. The monoisotopic (exact) mass is 371 g/mol. The van der Waals surface area contributed by atoms with E-state index in [1.165, 1.54) is 17.8 Å². The minimum absolute atomic E-state index is 0.280. The average Bonchev–Trinajstić information content (AvgIpc) is 2.69. The highest BCUT2D eigenvalue weighted by Crippen LogP contribution is 2.28. The van der Waals surface area contributed by atoms with Crippen molar-refractivity contribution in [1.82, 2.24) is 4.90 Å². The molecule has 0 radical (unpaired) electrons. The van der Waals surface area contributed by atoms with Gasteiger partial charge in [0.2, 0.25) is 0 Å². The topological polar surface area (TPSA) is 105 Å². The Bertz CT molecular complexity index is 807. The summed E-state index contributed by atoms with van der Waals surface area (Å²) in [6, 6.07) is 13.9. The van der Waals surface area contributed by atoms with Crippen LogP contribution >= 0.6 is 0 Å². The van der Waals surface area contributed by atoms with E-state index in [1.807, 2.05) is 18.2 Å². The SMILES string of the molecule is O=[N+]([O-])c1ccc(NCCN2CCN(c3ccccc3)CC2)c([N+](=O)[O-])c1. The molecule has 0 bridgehead atoms. The van der Waals surface area contributed by atoms with Crippen molar-refractivity contribution in [2.45, 2.75) is 0 Å². The van der Waals surface area contributed by atoms with Crippen molar-refractivity contribution in [2.75, 3.05) is 49.5 Å². The Labute approximate surface area is 156 Å². The lowest BCUT2D eigenvalue weighted by Gasteiger charge is -2.36. The molecule has 0 aromatic heterocycles. The molecule has 0 unspecified atom stereocenters. The summed E-state index contributed by atoms with van der Waals surface area (Å²) in [5.41, 5.74) is 0.952. The molecule has 2 aromatic carbocycles. The summed E-state index contributed by atoms with van der Waals surface area (Å²) >= 11 is 0. The van der Waals surface area contributed by atoms with Gasteiger partial charge in [-0.25, -0.2) is 0 Å². The lowest BCUT2D eigenvalue weighted by atomic mass is 10.2. The third-order valence-electron chi connectivity index (χ3n) is 4.63. The second kappa shape index (κ2) is 8.45. The highest BCUT2D eigenvalue weighted by Gasteiger charge is 2.20. The molecular formula is C18H21N5O4. The largest absolute Gasteiger partial charge is 0.378 e. The van der Waals surface area contributed by atoms with Gasteiger partial charge in [0.1, 0.15) is 5.69 Å².